The van der Waals surface area contributed by atoms with Crippen LogP contribution in [0.25, 0.3) is 0 Å². The maximum Gasteiger partial charge on any atom is 0.341 e. The number of esters is 1. The van der Waals surface area contributed by atoms with Crippen LogP contribution in [0.5, 0.6) is 0 Å². The molecule has 0 saturated heterocycles. The Hall–Kier alpha value is -2.46. The first-order valence-corrected chi connectivity index (χ1v) is 12.3. The van der Waals surface area contributed by atoms with Crippen molar-refractivity contribution in [3.63, 3.8) is 0 Å². The number of unbranched alkanes of at least 4 members (excludes halogenated alkanes) is 9. The summed E-state index contributed by atoms with van der Waals surface area (Å²) in [5, 5.41) is 0. The zero-order valence-corrected chi connectivity index (χ0v) is 19.3. The van der Waals surface area contributed by atoms with Gasteiger partial charge in [-0.3, -0.25) is 0 Å². The second-order valence-corrected chi connectivity index (χ2v) is 8.94. The van der Waals surface area contributed by atoms with Crippen molar-refractivity contribution in [2.24, 2.45) is 10.7 Å². The third-order valence-electron chi connectivity index (χ3n) is 6.29. The predicted molar refractivity (Wildman–Crippen MR) is 132 cm³/mol. The summed E-state index contributed by atoms with van der Waals surface area (Å²) in [5.74, 6) is 0.249. The number of carbonyl (C=O) groups excluding carboxylic acids is 1. The average molecular weight is 435 g/mol. The van der Waals surface area contributed by atoms with Crippen molar-refractivity contribution in [2.45, 2.75) is 82.6 Å². The molecule has 0 amide bonds. The first-order valence-electron chi connectivity index (χ1n) is 12.3. The van der Waals surface area contributed by atoms with Crippen molar-refractivity contribution < 1.29 is 9.53 Å². The van der Waals surface area contributed by atoms with Crippen molar-refractivity contribution in [3.05, 3.63) is 71.8 Å². The van der Waals surface area contributed by atoms with Crippen LogP contribution in [0.1, 0.15) is 81.8 Å². The van der Waals surface area contributed by atoms with Crippen LogP contribution in [-0.2, 0) is 16.0 Å². The fourth-order valence-electron chi connectivity index (χ4n) is 4.42. The van der Waals surface area contributed by atoms with Gasteiger partial charge >= 0.3 is 5.97 Å². The largest absolute Gasteiger partial charge is 0.405 e. The molecule has 0 spiro atoms. The summed E-state index contributed by atoms with van der Waals surface area (Å²) in [6.45, 7) is 0.816. The summed E-state index contributed by atoms with van der Waals surface area (Å²) in [6.07, 6.45) is 13.6. The Morgan fingerprint density at radius 3 is 1.84 bits per heavy atom. The van der Waals surface area contributed by atoms with Crippen LogP contribution in [0.2, 0.25) is 0 Å². The number of nitrogens with zero attached hydrogens (tertiary/aromatic N) is 1. The van der Waals surface area contributed by atoms with Crippen molar-refractivity contribution in [2.75, 3.05) is 6.54 Å². The summed E-state index contributed by atoms with van der Waals surface area (Å²) < 4.78 is 5.69. The molecule has 2 aromatic rings. The Balaban J connectivity index is 1.52. The van der Waals surface area contributed by atoms with Gasteiger partial charge in [0.25, 0.3) is 0 Å². The fraction of sp³-hybridized carbons (Fsp3) is 0.500. The average Bonchev–Trinajstić information content (AvgIpc) is 3.14. The molecule has 1 aliphatic rings. The smallest absolute Gasteiger partial charge is 0.341 e. The lowest BCUT2D eigenvalue weighted by atomic mass is 9.86. The number of nitrogens with two attached hydrogens (primary N) is 1. The van der Waals surface area contributed by atoms with E-state index in [2.05, 4.69) is 12.1 Å². The van der Waals surface area contributed by atoms with Gasteiger partial charge in [-0.25, -0.2) is 9.79 Å². The van der Waals surface area contributed by atoms with E-state index in [1.54, 1.807) is 0 Å². The molecular formula is C28H38N2O2. The van der Waals surface area contributed by atoms with Crippen molar-refractivity contribution in [3.8, 4) is 0 Å². The quantitative estimate of drug-likeness (QED) is 0.267. The van der Waals surface area contributed by atoms with E-state index in [-0.39, 0.29) is 5.97 Å². The number of cyclic esters (lactones) is 1. The van der Waals surface area contributed by atoms with Gasteiger partial charge in [0, 0.05) is 12.0 Å². The number of benzene rings is 2. The zero-order valence-electron chi connectivity index (χ0n) is 19.3. The van der Waals surface area contributed by atoms with E-state index in [9.17, 15) is 4.79 Å². The number of hydrogen-bond donors (Lipinski definition) is 1. The molecule has 1 aliphatic heterocycles. The number of aliphatic imine (C=N–C) groups is 1. The molecular weight excluding hydrogens is 396 g/mol. The van der Waals surface area contributed by atoms with Gasteiger partial charge in [-0.15, -0.1) is 0 Å². The Morgan fingerprint density at radius 1 is 0.719 bits per heavy atom. The highest BCUT2D eigenvalue weighted by molar-refractivity contribution is 6.08. The van der Waals surface area contributed by atoms with Crippen LogP contribution in [-0.4, -0.2) is 24.0 Å². The van der Waals surface area contributed by atoms with Crippen LogP contribution in [0.15, 0.2) is 65.7 Å². The third-order valence-corrected chi connectivity index (χ3v) is 6.29. The maximum atomic E-state index is 13.1. The zero-order chi connectivity index (χ0) is 22.5. The summed E-state index contributed by atoms with van der Waals surface area (Å²) in [6, 6.07) is 19.9. The lowest BCUT2D eigenvalue weighted by Gasteiger charge is -2.22. The molecule has 0 bridgehead atoms. The van der Waals surface area contributed by atoms with Gasteiger partial charge in [-0.05, 0) is 37.1 Å². The Bertz CT molecular complexity index is 835. The lowest BCUT2D eigenvalue weighted by molar-refractivity contribution is -0.139. The standard InChI is InChI=1S/C28H38N2O2/c29-22-16-8-6-4-2-1-3-5-7-15-21-28(23-24-17-11-9-12-18-24)27(31)32-26(30-28)25-19-13-10-14-20-25/h9-14,17-20H,1-8,15-16,21-23,29H2. The van der Waals surface area contributed by atoms with E-state index >= 15 is 0 Å². The first-order chi connectivity index (χ1) is 15.7. The van der Waals surface area contributed by atoms with Gasteiger partial charge in [0.2, 0.25) is 5.90 Å². The molecule has 2 N–H and O–H groups in total. The van der Waals surface area contributed by atoms with E-state index in [1.165, 1.54) is 44.9 Å². The summed E-state index contributed by atoms with van der Waals surface area (Å²) in [5.41, 5.74) is 6.72. The number of hydrogen-bond acceptors (Lipinski definition) is 4. The SMILES string of the molecule is NCCCCCCCCCCCCC1(Cc2ccccc2)N=C(c2ccccc2)OC1=O. The van der Waals surface area contributed by atoms with Crippen molar-refractivity contribution >= 4 is 11.9 Å². The highest BCUT2D eigenvalue weighted by Crippen LogP contribution is 2.32. The van der Waals surface area contributed by atoms with Crippen molar-refractivity contribution in [1.82, 2.24) is 0 Å². The first kappa shape index (κ1) is 24.2. The monoisotopic (exact) mass is 434 g/mol. The third kappa shape index (κ3) is 7.30. The molecule has 1 atom stereocenters. The minimum absolute atomic E-state index is 0.210. The predicted octanol–water partition coefficient (Wildman–Crippen LogP) is 6.22. The van der Waals surface area contributed by atoms with Crippen LogP contribution in [0.4, 0.5) is 0 Å². The topological polar surface area (TPSA) is 64.7 Å². The van der Waals surface area contributed by atoms with Gasteiger partial charge in [0.1, 0.15) is 0 Å². The van der Waals surface area contributed by atoms with E-state index < -0.39 is 5.54 Å². The van der Waals surface area contributed by atoms with Crippen LogP contribution >= 0.6 is 0 Å². The minimum atomic E-state index is -0.810. The normalized spacial score (nSPS) is 17.9. The molecule has 1 heterocycles. The van der Waals surface area contributed by atoms with E-state index in [0.717, 1.165) is 43.4 Å². The Labute approximate surface area is 193 Å². The van der Waals surface area contributed by atoms with E-state index in [1.807, 2.05) is 48.5 Å². The fourth-order valence-corrected chi connectivity index (χ4v) is 4.42. The molecule has 0 fully saturated rings. The Morgan fingerprint density at radius 2 is 1.25 bits per heavy atom. The number of rotatable bonds is 15. The second-order valence-electron chi connectivity index (χ2n) is 8.94. The second kappa shape index (κ2) is 13.2. The summed E-state index contributed by atoms with van der Waals surface area (Å²) >= 11 is 0. The highest BCUT2D eigenvalue weighted by atomic mass is 16.6. The van der Waals surface area contributed by atoms with E-state index in [4.69, 9.17) is 15.5 Å². The summed E-state index contributed by atoms with van der Waals surface area (Å²) in [4.78, 5) is 17.9. The van der Waals surface area contributed by atoms with Gasteiger partial charge in [0.05, 0.1) is 0 Å². The molecule has 0 aromatic heterocycles. The molecule has 4 nitrogen and oxygen atoms in total. The lowest BCUT2D eigenvalue weighted by Crippen LogP contribution is -2.36. The van der Waals surface area contributed by atoms with E-state index in [0.29, 0.717) is 12.3 Å². The summed E-state index contributed by atoms with van der Waals surface area (Å²) in [7, 11) is 0. The van der Waals surface area contributed by atoms with Crippen LogP contribution < -0.4 is 5.73 Å². The molecule has 172 valence electrons. The number of carbonyl (C=O) groups is 1. The van der Waals surface area contributed by atoms with Gasteiger partial charge < -0.3 is 10.5 Å². The van der Waals surface area contributed by atoms with Gasteiger partial charge in [-0.1, -0.05) is 106 Å². The number of ether oxygens (including phenoxy) is 1. The molecule has 1 unspecified atom stereocenters. The molecule has 4 heteroatoms. The highest BCUT2D eigenvalue weighted by Gasteiger charge is 2.45. The van der Waals surface area contributed by atoms with Crippen LogP contribution in [0, 0.1) is 0 Å². The minimum Gasteiger partial charge on any atom is -0.405 e. The molecule has 3 rings (SSSR count). The van der Waals surface area contributed by atoms with Crippen LogP contribution in [0.3, 0.4) is 0 Å². The molecule has 0 aliphatic carbocycles. The van der Waals surface area contributed by atoms with Crippen molar-refractivity contribution in [1.29, 1.82) is 0 Å². The molecule has 2 aromatic carbocycles. The Kier molecular flexibility index (Phi) is 9.96. The molecule has 32 heavy (non-hydrogen) atoms. The maximum absolute atomic E-state index is 13.1. The molecule has 0 saturated carbocycles. The molecule has 0 radical (unpaired) electrons. The van der Waals surface area contributed by atoms with Gasteiger partial charge in [-0.2, -0.15) is 0 Å². The van der Waals surface area contributed by atoms with Gasteiger partial charge in [0.15, 0.2) is 5.54 Å².